The van der Waals surface area contributed by atoms with Crippen molar-refractivity contribution in [1.82, 2.24) is 15.8 Å². The molecule has 1 aromatic carbocycles. The van der Waals surface area contributed by atoms with E-state index < -0.39 is 0 Å². The summed E-state index contributed by atoms with van der Waals surface area (Å²) in [4.78, 5) is 12.8. The SMILES string of the molecule is C=C(Cl)/C=C\C(=C)CNN1Cc2cc(OCCC3CCNCC3)cc(C)c2C1=O. The number of hydrazine groups is 1. The summed E-state index contributed by atoms with van der Waals surface area (Å²) >= 11 is 5.72. The number of amides is 1. The second-order valence-corrected chi connectivity index (χ2v) is 8.25. The predicted molar refractivity (Wildman–Crippen MR) is 118 cm³/mol. The molecular formula is C23H30ClN3O2. The molecule has 0 saturated carbocycles. The van der Waals surface area contributed by atoms with Crippen molar-refractivity contribution in [2.45, 2.75) is 32.7 Å². The first-order valence-corrected chi connectivity index (χ1v) is 10.5. The second-order valence-electron chi connectivity index (χ2n) is 7.77. The van der Waals surface area contributed by atoms with Crippen molar-refractivity contribution in [2.75, 3.05) is 26.2 Å². The minimum Gasteiger partial charge on any atom is -0.494 e. The number of nitrogens with one attached hydrogen (secondary N) is 2. The largest absolute Gasteiger partial charge is 0.494 e. The van der Waals surface area contributed by atoms with Crippen LogP contribution in [0.2, 0.25) is 0 Å². The van der Waals surface area contributed by atoms with Crippen LogP contribution >= 0.6 is 11.6 Å². The lowest BCUT2D eigenvalue weighted by Gasteiger charge is -2.22. The van der Waals surface area contributed by atoms with Crippen LogP contribution in [-0.2, 0) is 6.54 Å². The lowest BCUT2D eigenvalue weighted by atomic mass is 9.95. The maximum atomic E-state index is 12.8. The molecule has 0 spiro atoms. The number of hydrogen-bond acceptors (Lipinski definition) is 4. The average Bonchev–Trinajstić information content (AvgIpc) is 3.01. The molecule has 1 fully saturated rings. The normalized spacial score (nSPS) is 17.0. The summed E-state index contributed by atoms with van der Waals surface area (Å²) < 4.78 is 6.02. The summed E-state index contributed by atoms with van der Waals surface area (Å²) in [5.41, 5.74) is 6.67. The zero-order chi connectivity index (χ0) is 20.8. The lowest BCUT2D eigenvalue weighted by molar-refractivity contribution is 0.0693. The smallest absolute Gasteiger partial charge is 0.268 e. The van der Waals surface area contributed by atoms with E-state index >= 15 is 0 Å². The zero-order valence-corrected chi connectivity index (χ0v) is 17.9. The molecule has 1 amide bonds. The first-order chi connectivity index (χ1) is 13.9. The van der Waals surface area contributed by atoms with Crippen LogP contribution in [0.25, 0.3) is 0 Å². The van der Waals surface area contributed by atoms with Gasteiger partial charge in [0.05, 0.1) is 13.2 Å². The molecule has 0 aliphatic carbocycles. The first kappa shape index (κ1) is 21.6. The number of hydrogen-bond donors (Lipinski definition) is 2. The van der Waals surface area contributed by atoms with E-state index in [0.29, 0.717) is 18.1 Å². The Labute approximate surface area is 178 Å². The highest BCUT2D eigenvalue weighted by atomic mass is 35.5. The zero-order valence-electron chi connectivity index (χ0n) is 17.1. The number of carbonyl (C=O) groups excluding carboxylic acids is 1. The molecule has 0 radical (unpaired) electrons. The second kappa shape index (κ2) is 10.1. The van der Waals surface area contributed by atoms with E-state index in [-0.39, 0.29) is 5.91 Å². The van der Waals surface area contributed by atoms with Crippen LogP contribution in [0.1, 0.15) is 40.7 Å². The van der Waals surface area contributed by atoms with Crippen molar-refractivity contribution in [3.05, 3.63) is 64.7 Å². The summed E-state index contributed by atoms with van der Waals surface area (Å²) in [6, 6.07) is 3.97. The van der Waals surface area contributed by atoms with Gasteiger partial charge >= 0.3 is 0 Å². The van der Waals surface area contributed by atoms with Gasteiger partial charge in [-0.25, -0.2) is 5.43 Å². The van der Waals surface area contributed by atoms with Crippen molar-refractivity contribution in [3.8, 4) is 5.75 Å². The van der Waals surface area contributed by atoms with Gasteiger partial charge in [0, 0.05) is 17.1 Å². The molecule has 156 valence electrons. The number of aryl methyl sites for hydroxylation is 1. The molecule has 2 aliphatic heterocycles. The molecule has 2 heterocycles. The number of nitrogens with zero attached hydrogens (tertiary/aromatic N) is 1. The van der Waals surface area contributed by atoms with Gasteiger partial charge in [-0.05, 0) is 80.1 Å². The summed E-state index contributed by atoms with van der Waals surface area (Å²) in [5.74, 6) is 1.57. The van der Waals surface area contributed by atoms with E-state index in [1.54, 1.807) is 17.2 Å². The van der Waals surface area contributed by atoms with E-state index in [1.165, 1.54) is 12.8 Å². The van der Waals surface area contributed by atoms with Crippen molar-refractivity contribution in [2.24, 2.45) is 5.92 Å². The Kier molecular flexibility index (Phi) is 7.53. The highest BCUT2D eigenvalue weighted by Gasteiger charge is 2.29. The first-order valence-electron chi connectivity index (χ1n) is 10.2. The maximum absolute atomic E-state index is 12.8. The van der Waals surface area contributed by atoms with E-state index in [2.05, 4.69) is 23.9 Å². The fraction of sp³-hybridized carbons (Fsp3) is 0.435. The van der Waals surface area contributed by atoms with Gasteiger partial charge in [-0.2, -0.15) is 0 Å². The van der Waals surface area contributed by atoms with Crippen molar-refractivity contribution >= 4 is 17.5 Å². The maximum Gasteiger partial charge on any atom is 0.268 e. The minimum atomic E-state index is -0.0164. The number of halogens is 1. The van der Waals surface area contributed by atoms with Gasteiger partial charge in [-0.15, -0.1) is 0 Å². The van der Waals surface area contributed by atoms with Crippen LogP contribution < -0.4 is 15.5 Å². The molecule has 1 saturated heterocycles. The van der Waals surface area contributed by atoms with Crippen LogP contribution in [0.3, 0.4) is 0 Å². The van der Waals surface area contributed by atoms with Gasteiger partial charge < -0.3 is 10.1 Å². The van der Waals surface area contributed by atoms with Gasteiger partial charge in [0.2, 0.25) is 0 Å². The Morgan fingerprint density at radius 1 is 1.34 bits per heavy atom. The standard InChI is InChI=1S/C23H30ClN3O2/c1-16(4-5-18(3)24)14-26-27-15-20-13-21(12-17(2)22(20)23(27)28)29-11-8-19-6-9-25-10-7-19/h4-5,12-13,19,25-26H,1,3,6-11,14-15H2,2H3/b5-4-. The summed E-state index contributed by atoms with van der Waals surface area (Å²) in [5, 5.41) is 5.47. The van der Waals surface area contributed by atoms with E-state index in [0.717, 1.165) is 60.0 Å². The molecule has 6 heteroatoms. The molecular weight excluding hydrogens is 386 g/mol. The Morgan fingerprint density at radius 3 is 2.83 bits per heavy atom. The van der Waals surface area contributed by atoms with Gasteiger partial charge in [0.1, 0.15) is 5.75 Å². The molecule has 2 aliphatic rings. The highest BCUT2D eigenvalue weighted by molar-refractivity contribution is 6.30. The predicted octanol–water partition coefficient (Wildman–Crippen LogP) is 4.09. The molecule has 2 N–H and O–H groups in total. The van der Waals surface area contributed by atoms with Crippen molar-refractivity contribution in [3.63, 3.8) is 0 Å². The topological polar surface area (TPSA) is 53.6 Å². The van der Waals surface area contributed by atoms with Crippen LogP contribution in [0.4, 0.5) is 0 Å². The van der Waals surface area contributed by atoms with Crippen LogP contribution in [0.5, 0.6) is 5.75 Å². The fourth-order valence-corrected chi connectivity index (χ4v) is 3.88. The van der Waals surface area contributed by atoms with Crippen molar-refractivity contribution in [1.29, 1.82) is 0 Å². The summed E-state index contributed by atoms with van der Waals surface area (Å²) in [6.45, 7) is 13.4. The molecule has 0 aromatic heterocycles. The Bertz CT molecular complexity index is 813. The van der Waals surface area contributed by atoms with Gasteiger partial charge in [-0.1, -0.05) is 30.8 Å². The molecule has 0 unspecified atom stereocenters. The molecule has 0 bridgehead atoms. The van der Waals surface area contributed by atoms with Gasteiger partial charge in [0.25, 0.3) is 5.91 Å². The Hall–Kier alpha value is -2.08. The van der Waals surface area contributed by atoms with Crippen LogP contribution in [0.15, 0.2) is 48.0 Å². The van der Waals surface area contributed by atoms with E-state index in [9.17, 15) is 4.79 Å². The molecule has 3 rings (SSSR count). The molecule has 1 aromatic rings. The van der Waals surface area contributed by atoms with Crippen molar-refractivity contribution < 1.29 is 9.53 Å². The van der Waals surface area contributed by atoms with Gasteiger partial charge in [-0.3, -0.25) is 9.80 Å². The van der Waals surface area contributed by atoms with E-state index in [1.807, 2.05) is 19.1 Å². The van der Waals surface area contributed by atoms with Gasteiger partial charge in [0.15, 0.2) is 0 Å². The monoisotopic (exact) mass is 415 g/mol. The number of fused-ring (bicyclic) bond motifs is 1. The third-order valence-electron chi connectivity index (χ3n) is 5.43. The average molecular weight is 416 g/mol. The molecule has 0 atom stereocenters. The third kappa shape index (κ3) is 5.95. The number of rotatable bonds is 9. The van der Waals surface area contributed by atoms with E-state index in [4.69, 9.17) is 16.3 Å². The number of allylic oxidation sites excluding steroid dienone is 2. The third-order valence-corrected chi connectivity index (χ3v) is 5.55. The quantitative estimate of drug-likeness (QED) is 0.596. The Balaban J connectivity index is 1.55. The number of piperidine rings is 1. The summed E-state index contributed by atoms with van der Waals surface area (Å²) in [6.07, 6.45) is 7.00. The Morgan fingerprint density at radius 2 is 2.10 bits per heavy atom. The molecule has 29 heavy (non-hydrogen) atoms. The number of ether oxygens (including phenoxy) is 1. The number of carbonyl (C=O) groups is 1. The lowest BCUT2D eigenvalue weighted by Crippen LogP contribution is -2.39. The van der Waals surface area contributed by atoms with Crippen LogP contribution in [-0.4, -0.2) is 37.2 Å². The highest BCUT2D eigenvalue weighted by Crippen LogP contribution is 2.29. The molecule has 5 nitrogen and oxygen atoms in total. The minimum absolute atomic E-state index is 0.0164. The fourth-order valence-electron chi connectivity index (χ4n) is 3.82. The summed E-state index contributed by atoms with van der Waals surface area (Å²) in [7, 11) is 0. The van der Waals surface area contributed by atoms with Crippen LogP contribution in [0, 0.1) is 12.8 Å². The number of benzene rings is 1.